The minimum absolute atomic E-state index is 0.0577. The maximum Gasteiger partial charge on any atom is 0.313 e. The van der Waals surface area contributed by atoms with Crippen molar-refractivity contribution >= 4 is 17.6 Å². The zero-order valence-electron chi connectivity index (χ0n) is 14.5. The van der Waals surface area contributed by atoms with Gasteiger partial charge in [-0.1, -0.05) is 23.9 Å². The topological polar surface area (TPSA) is 88.0 Å². The fourth-order valence-corrected chi connectivity index (χ4v) is 3.12. The Morgan fingerprint density at radius 3 is 2.59 bits per heavy atom. The van der Waals surface area contributed by atoms with E-state index in [0.717, 1.165) is 18.2 Å². The molecule has 142 valence electrons. The van der Waals surface area contributed by atoms with Gasteiger partial charge in [0.2, 0.25) is 5.60 Å². The SMILES string of the molecule is C=C[C@]1(C(=O)N[C@H]2C=C[C@@](C)(C(=O)O)C2)CC(c2cc(F)cc(F)c2)=NO1. The number of carbonyl (C=O) groups is 2. The highest BCUT2D eigenvalue weighted by molar-refractivity contribution is 6.06. The minimum atomic E-state index is -1.53. The largest absolute Gasteiger partial charge is 0.481 e. The van der Waals surface area contributed by atoms with Gasteiger partial charge in [0, 0.05) is 24.1 Å². The smallest absolute Gasteiger partial charge is 0.313 e. The van der Waals surface area contributed by atoms with Crippen LogP contribution in [-0.4, -0.2) is 34.3 Å². The molecule has 1 amide bonds. The van der Waals surface area contributed by atoms with Gasteiger partial charge in [-0.05, 0) is 31.6 Å². The summed E-state index contributed by atoms with van der Waals surface area (Å²) < 4.78 is 26.9. The lowest BCUT2D eigenvalue weighted by molar-refractivity contribution is -0.146. The van der Waals surface area contributed by atoms with Crippen molar-refractivity contribution in [2.24, 2.45) is 10.6 Å². The highest BCUT2D eigenvalue weighted by atomic mass is 19.1. The number of hydrogen-bond acceptors (Lipinski definition) is 4. The summed E-state index contributed by atoms with van der Waals surface area (Å²) in [5.74, 6) is -3.07. The monoisotopic (exact) mass is 376 g/mol. The van der Waals surface area contributed by atoms with Crippen LogP contribution in [0, 0.1) is 17.0 Å². The number of halogens is 2. The molecule has 1 aliphatic carbocycles. The third kappa shape index (κ3) is 3.47. The Labute approximate surface area is 154 Å². The number of oxime groups is 1. The van der Waals surface area contributed by atoms with Gasteiger partial charge in [-0.15, -0.1) is 0 Å². The molecule has 0 spiro atoms. The van der Waals surface area contributed by atoms with Gasteiger partial charge >= 0.3 is 5.97 Å². The average molecular weight is 376 g/mol. The zero-order valence-corrected chi connectivity index (χ0v) is 14.5. The summed E-state index contributed by atoms with van der Waals surface area (Å²) in [5, 5.41) is 15.8. The molecule has 3 atom stereocenters. The van der Waals surface area contributed by atoms with Crippen molar-refractivity contribution in [2.75, 3.05) is 0 Å². The molecule has 8 heteroatoms. The molecule has 0 saturated carbocycles. The van der Waals surface area contributed by atoms with Crippen molar-refractivity contribution in [3.05, 3.63) is 60.2 Å². The van der Waals surface area contributed by atoms with Crippen LogP contribution in [0.3, 0.4) is 0 Å². The van der Waals surface area contributed by atoms with Crippen LogP contribution in [-0.2, 0) is 14.4 Å². The van der Waals surface area contributed by atoms with Gasteiger partial charge in [0.1, 0.15) is 11.6 Å². The zero-order chi connectivity index (χ0) is 19.8. The van der Waals surface area contributed by atoms with E-state index in [1.165, 1.54) is 12.2 Å². The van der Waals surface area contributed by atoms with Crippen molar-refractivity contribution in [3.63, 3.8) is 0 Å². The molecule has 2 aliphatic rings. The van der Waals surface area contributed by atoms with Crippen LogP contribution in [0.1, 0.15) is 25.3 Å². The van der Waals surface area contributed by atoms with E-state index in [1.807, 2.05) is 0 Å². The van der Waals surface area contributed by atoms with E-state index in [9.17, 15) is 23.5 Å². The second-order valence-electron chi connectivity index (χ2n) is 6.92. The number of carboxylic acid groups (broad SMARTS) is 1. The van der Waals surface area contributed by atoms with Gasteiger partial charge in [-0.3, -0.25) is 9.59 Å². The van der Waals surface area contributed by atoms with Crippen molar-refractivity contribution in [2.45, 2.75) is 31.4 Å². The van der Waals surface area contributed by atoms with Gasteiger partial charge in [-0.2, -0.15) is 0 Å². The van der Waals surface area contributed by atoms with Gasteiger partial charge in [0.05, 0.1) is 11.1 Å². The first-order valence-electron chi connectivity index (χ1n) is 8.26. The van der Waals surface area contributed by atoms with Crippen molar-refractivity contribution in [3.8, 4) is 0 Å². The molecule has 1 aromatic rings. The first-order valence-corrected chi connectivity index (χ1v) is 8.26. The molecule has 0 unspecified atom stereocenters. The van der Waals surface area contributed by atoms with E-state index in [4.69, 9.17) is 4.84 Å². The molecule has 0 fully saturated rings. The average Bonchev–Trinajstić information content (AvgIpc) is 3.20. The molecule has 1 heterocycles. The molecule has 2 N–H and O–H groups in total. The Hall–Kier alpha value is -3.03. The summed E-state index contributed by atoms with van der Waals surface area (Å²) in [6.07, 6.45) is 4.56. The van der Waals surface area contributed by atoms with Gasteiger partial charge in [-0.25, -0.2) is 8.78 Å². The van der Waals surface area contributed by atoms with Crippen LogP contribution in [0.2, 0.25) is 0 Å². The Morgan fingerprint density at radius 1 is 1.37 bits per heavy atom. The van der Waals surface area contributed by atoms with Crippen LogP contribution in [0.25, 0.3) is 0 Å². The summed E-state index contributed by atoms with van der Waals surface area (Å²) in [4.78, 5) is 29.3. The fourth-order valence-electron chi connectivity index (χ4n) is 3.12. The van der Waals surface area contributed by atoms with Crippen molar-refractivity contribution in [1.29, 1.82) is 0 Å². The normalized spacial score (nSPS) is 29.1. The highest BCUT2D eigenvalue weighted by Gasteiger charge is 2.46. The number of carboxylic acids is 1. The first-order chi connectivity index (χ1) is 12.7. The maximum absolute atomic E-state index is 13.4. The van der Waals surface area contributed by atoms with E-state index in [-0.39, 0.29) is 24.1 Å². The van der Waals surface area contributed by atoms with Crippen LogP contribution in [0.4, 0.5) is 8.78 Å². The Bertz CT molecular complexity index is 862. The standard InChI is InChI=1S/C19H18F2N2O4/c1-3-19(16(24)22-14-4-5-18(2,9-14)17(25)26)10-15(23-27-19)11-6-12(20)8-13(21)7-11/h3-8,14H,1,9-10H2,2H3,(H,22,24)(H,25,26)/t14-,18+,19+/m0/s1. The Kier molecular flexibility index (Phi) is 4.59. The third-order valence-corrected chi connectivity index (χ3v) is 4.80. The predicted octanol–water partition coefficient (Wildman–Crippen LogP) is 2.55. The predicted molar refractivity (Wildman–Crippen MR) is 93.0 cm³/mol. The number of benzene rings is 1. The van der Waals surface area contributed by atoms with Crippen molar-refractivity contribution in [1.82, 2.24) is 5.32 Å². The molecule has 3 rings (SSSR count). The lowest BCUT2D eigenvalue weighted by atomic mass is 9.89. The Balaban J connectivity index is 1.72. The molecule has 0 saturated heterocycles. The van der Waals surface area contributed by atoms with E-state index in [1.54, 1.807) is 13.0 Å². The van der Waals surface area contributed by atoms with Crippen molar-refractivity contribution < 1.29 is 28.3 Å². The fraction of sp³-hybridized carbons (Fsp3) is 0.316. The first kappa shape index (κ1) is 18.8. The molecule has 1 aliphatic heterocycles. The second-order valence-corrected chi connectivity index (χ2v) is 6.92. The van der Waals surface area contributed by atoms with Crippen LogP contribution in [0.15, 0.2) is 48.2 Å². The highest BCUT2D eigenvalue weighted by Crippen LogP contribution is 2.33. The second kappa shape index (κ2) is 6.61. The number of nitrogens with one attached hydrogen (secondary N) is 1. The lowest BCUT2D eigenvalue weighted by Gasteiger charge is -2.25. The number of hydrogen-bond donors (Lipinski definition) is 2. The van der Waals surface area contributed by atoms with Gasteiger partial charge in [0.15, 0.2) is 0 Å². The number of nitrogens with zero attached hydrogens (tertiary/aromatic N) is 1. The van der Waals surface area contributed by atoms with Crippen LogP contribution < -0.4 is 5.32 Å². The van der Waals surface area contributed by atoms with Gasteiger partial charge < -0.3 is 15.3 Å². The van der Waals surface area contributed by atoms with E-state index < -0.39 is 40.6 Å². The Morgan fingerprint density at radius 2 is 2.04 bits per heavy atom. The minimum Gasteiger partial charge on any atom is -0.481 e. The summed E-state index contributed by atoms with van der Waals surface area (Å²) in [6, 6.07) is 2.44. The number of carbonyl (C=O) groups excluding carboxylic acids is 1. The summed E-state index contributed by atoms with van der Waals surface area (Å²) >= 11 is 0. The number of aliphatic carboxylic acids is 1. The van der Waals surface area contributed by atoms with Gasteiger partial charge in [0.25, 0.3) is 5.91 Å². The summed E-state index contributed by atoms with van der Waals surface area (Å²) in [6.45, 7) is 5.17. The molecule has 1 aromatic carbocycles. The number of rotatable bonds is 5. The summed E-state index contributed by atoms with van der Waals surface area (Å²) in [7, 11) is 0. The van der Waals surface area contributed by atoms with E-state index in [2.05, 4.69) is 17.1 Å². The quantitative estimate of drug-likeness (QED) is 0.773. The third-order valence-electron chi connectivity index (χ3n) is 4.80. The maximum atomic E-state index is 13.4. The molecule has 0 aromatic heterocycles. The van der Waals surface area contributed by atoms with E-state index in [0.29, 0.717) is 0 Å². The van der Waals surface area contributed by atoms with Crippen LogP contribution >= 0.6 is 0 Å². The molecular formula is C19H18F2N2O4. The molecule has 0 radical (unpaired) electrons. The molecular weight excluding hydrogens is 358 g/mol. The molecule has 0 bridgehead atoms. The van der Waals surface area contributed by atoms with E-state index >= 15 is 0 Å². The lowest BCUT2D eigenvalue weighted by Crippen LogP contribution is -2.49. The molecule has 6 nitrogen and oxygen atoms in total. The van der Waals surface area contributed by atoms with Crippen LogP contribution in [0.5, 0.6) is 0 Å². The molecule has 27 heavy (non-hydrogen) atoms. The summed E-state index contributed by atoms with van der Waals surface area (Å²) in [5.41, 5.74) is -2.21. The number of amides is 1.